The molecule has 123 valence electrons. The molecule has 1 aromatic rings. The SMILES string of the molecule is CC1=[C-]CC=C1.Cc1cc(O)cc(C(C)(C)C)c1.Cl.Cl.[CH2]=[Ti+]. The van der Waals surface area contributed by atoms with Crippen molar-refractivity contribution in [2.24, 2.45) is 0 Å². The molecule has 4 heteroatoms. The van der Waals surface area contributed by atoms with Crippen LogP contribution in [0, 0.1) is 13.0 Å². The van der Waals surface area contributed by atoms with E-state index in [1.165, 1.54) is 11.1 Å². The zero-order chi connectivity index (χ0) is 15.8. The van der Waals surface area contributed by atoms with E-state index in [1.54, 1.807) is 26.0 Å². The third-order valence-electron chi connectivity index (χ3n) is 2.79. The number of phenolic OH excluding ortho intramolecular Hbond substituents is 1. The van der Waals surface area contributed by atoms with Gasteiger partial charge >= 0.3 is 24.8 Å². The van der Waals surface area contributed by atoms with Gasteiger partial charge < -0.3 is 5.11 Å². The van der Waals surface area contributed by atoms with Crippen molar-refractivity contribution in [3.05, 3.63) is 53.1 Å². The van der Waals surface area contributed by atoms with Gasteiger partial charge in [-0.3, -0.25) is 6.08 Å². The average molecular weight is 378 g/mol. The topological polar surface area (TPSA) is 20.2 Å². The molecule has 0 atom stereocenters. The van der Waals surface area contributed by atoms with Crippen LogP contribution in [0.3, 0.4) is 0 Å². The van der Waals surface area contributed by atoms with E-state index in [1.807, 2.05) is 13.0 Å². The number of aryl methyl sites for hydroxylation is 1. The molecular weight excluding hydrogens is 351 g/mol. The standard InChI is InChI=1S/C11H16O.C6H7.CH2.2ClH.Ti/c1-8-5-9(11(2,3)4)7-10(12)6-8;1-6-4-2-3-5-6;;;;/h5-7,12H,1-4H3;2,4H,3H2,1H3;1H2;2*1H;/q;-1;;;;+1. The Morgan fingerprint density at radius 2 is 1.64 bits per heavy atom. The van der Waals surface area contributed by atoms with Gasteiger partial charge in [0.1, 0.15) is 5.75 Å². The second-order valence-corrected chi connectivity index (χ2v) is 5.77. The number of allylic oxidation sites excluding steroid dienone is 4. The van der Waals surface area contributed by atoms with E-state index in [4.69, 9.17) is 0 Å². The molecule has 0 spiro atoms. The molecule has 1 aliphatic carbocycles. The Kier molecular flexibility index (Phi) is 15.9. The second kappa shape index (κ2) is 13.1. The minimum absolute atomic E-state index is 0. The van der Waals surface area contributed by atoms with E-state index in [0.717, 1.165) is 12.0 Å². The molecular formula is C18H27Cl2OTi. The normalized spacial score (nSPS) is 11.7. The zero-order valence-corrected chi connectivity index (χ0v) is 17.3. The van der Waals surface area contributed by atoms with Gasteiger partial charge in [0, 0.05) is 0 Å². The fraction of sp³-hybridized carbons (Fsp3) is 0.389. The number of benzene rings is 1. The van der Waals surface area contributed by atoms with Crippen molar-refractivity contribution in [2.45, 2.75) is 46.5 Å². The molecule has 0 saturated carbocycles. The summed E-state index contributed by atoms with van der Waals surface area (Å²) in [5, 5.41) is 9.36. The maximum absolute atomic E-state index is 9.36. The van der Waals surface area contributed by atoms with Gasteiger partial charge in [-0.2, -0.15) is 6.08 Å². The molecule has 0 aliphatic heterocycles. The van der Waals surface area contributed by atoms with Crippen LogP contribution in [0.15, 0.2) is 35.9 Å². The van der Waals surface area contributed by atoms with Crippen molar-refractivity contribution in [3.8, 4) is 5.75 Å². The van der Waals surface area contributed by atoms with Crippen LogP contribution in [0.1, 0.15) is 45.2 Å². The summed E-state index contributed by atoms with van der Waals surface area (Å²) in [7, 11) is 0. The van der Waals surface area contributed by atoms with Crippen molar-refractivity contribution in [2.75, 3.05) is 0 Å². The maximum atomic E-state index is 9.36. The number of rotatable bonds is 0. The monoisotopic (exact) mass is 377 g/mol. The van der Waals surface area contributed by atoms with Crippen molar-refractivity contribution in [3.63, 3.8) is 0 Å². The van der Waals surface area contributed by atoms with Crippen molar-refractivity contribution in [1.82, 2.24) is 0 Å². The molecule has 0 heterocycles. The first-order chi connectivity index (χ1) is 9.29. The van der Waals surface area contributed by atoms with Gasteiger partial charge in [-0.25, -0.2) is 11.6 Å². The Bertz CT molecular complexity index is 465. The Hall–Kier alpha value is -0.336. The molecule has 2 rings (SSSR count). The number of aromatic hydroxyl groups is 1. The van der Waals surface area contributed by atoms with Gasteiger partial charge in [0.05, 0.1) is 0 Å². The quantitative estimate of drug-likeness (QED) is 0.467. The third kappa shape index (κ3) is 11.3. The predicted molar refractivity (Wildman–Crippen MR) is 99.3 cm³/mol. The van der Waals surface area contributed by atoms with Gasteiger partial charge in [-0.15, -0.1) is 31.2 Å². The van der Waals surface area contributed by atoms with Gasteiger partial charge in [-0.1, -0.05) is 33.8 Å². The van der Waals surface area contributed by atoms with E-state index in [9.17, 15) is 5.11 Å². The van der Waals surface area contributed by atoms with E-state index in [-0.39, 0.29) is 30.2 Å². The van der Waals surface area contributed by atoms with Crippen LogP contribution in [0.5, 0.6) is 5.75 Å². The van der Waals surface area contributed by atoms with E-state index < -0.39 is 0 Å². The molecule has 0 saturated heterocycles. The fourth-order valence-corrected chi connectivity index (χ4v) is 1.71. The zero-order valence-electron chi connectivity index (χ0n) is 14.1. The minimum atomic E-state index is 0. The van der Waals surface area contributed by atoms with E-state index in [0.29, 0.717) is 5.75 Å². The van der Waals surface area contributed by atoms with E-state index in [2.05, 4.69) is 56.8 Å². The van der Waals surface area contributed by atoms with Crippen LogP contribution in [-0.4, -0.2) is 9.92 Å². The van der Waals surface area contributed by atoms with Crippen LogP contribution >= 0.6 is 24.8 Å². The number of phenols is 1. The Morgan fingerprint density at radius 1 is 1.09 bits per heavy atom. The Labute approximate surface area is 159 Å². The Balaban J connectivity index is -0.000000309. The van der Waals surface area contributed by atoms with Crippen molar-refractivity contribution >= 4 is 29.6 Å². The van der Waals surface area contributed by atoms with Crippen molar-refractivity contribution < 1.29 is 25.1 Å². The molecule has 1 aromatic carbocycles. The molecule has 0 radical (unpaired) electrons. The number of hydrogen-bond donors (Lipinski definition) is 1. The molecule has 22 heavy (non-hydrogen) atoms. The molecule has 0 amide bonds. The fourth-order valence-electron chi connectivity index (χ4n) is 1.71. The molecule has 1 N–H and O–H groups in total. The molecule has 0 fully saturated rings. The van der Waals surface area contributed by atoms with Crippen LogP contribution < -0.4 is 0 Å². The molecule has 0 bridgehead atoms. The summed E-state index contributed by atoms with van der Waals surface area (Å²) < 4.78 is 0. The number of halogens is 2. The molecule has 1 nitrogen and oxygen atoms in total. The average Bonchev–Trinajstić information content (AvgIpc) is 2.81. The molecule has 0 unspecified atom stereocenters. The summed E-state index contributed by atoms with van der Waals surface area (Å²) >= 11 is 1.75. The second-order valence-electron chi connectivity index (χ2n) is 5.77. The molecule has 1 aliphatic rings. The summed E-state index contributed by atoms with van der Waals surface area (Å²) in [5.74, 6) is 0.361. The predicted octanol–water partition coefficient (Wildman–Crippen LogP) is 5.50. The van der Waals surface area contributed by atoms with Crippen LogP contribution in [0.2, 0.25) is 0 Å². The summed E-state index contributed by atoms with van der Waals surface area (Å²) in [4.78, 5) is 3.25. The van der Waals surface area contributed by atoms with Crippen molar-refractivity contribution in [1.29, 1.82) is 0 Å². The van der Waals surface area contributed by atoms with Gasteiger partial charge in [0.15, 0.2) is 0 Å². The van der Waals surface area contributed by atoms with E-state index >= 15 is 0 Å². The molecule has 0 aromatic heterocycles. The number of hydrogen-bond acceptors (Lipinski definition) is 1. The summed E-state index contributed by atoms with van der Waals surface area (Å²) in [5.41, 5.74) is 3.68. The first-order valence-corrected chi connectivity index (χ1v) is 7.80. The summed E-state index contributed by atoms with van der Waals surface area (Å²) in [6, 6.07) is 5.71. The summed E-state index contributed by atoms with van der Waals surface area (Å²) in [6.07, 6.45) is 8.33. The Morgan fingerprint density at radius 3 is 1.91 bits per heavy atom. The van der Waals surface area contributed by atoms with Gasteiger partial charge in [0.25, 0.3) is 0 Å². The first-order valence-electron chi connectivity index (χ1n) is 6.69. The first kappa shape index (κ1) is 26.6. The van der Waals surface area contributed by atoms with Crippen LogP contribution in [-0.2, 0) is 25.4 Å². The van der Waals surface area contributed by atoms with Crippen LogP contribution in [0.4, 0.5) is 0 Å². The van der Waals surface area contributed by atoms with Crippen LogP contribution in [0.25, 0.3) is 0 Å². The third-order valence-corrected chi connectivity index (χ3v) is 2.79. The summed E-state index contributed by atoms with van der Waals surface area (Å²) in [6.45, 7) is 10.5. The van der Waals surface area contributed by atoms with Gasteiger partial charge in [-0.05, 0) is 35.6 Å². The van der Waals surface area contributed by atoms with Gasteiger partial charge in [0.2, 0.25) is 0 Å².